The molecule has 4 amide bonds. The van der Waals surface area contributed by atoms with E-state index in [1.165, 1.54) is 0 Å². The van der Waals surface area contributed by atoms with Crippen molar-refractivity contribution in [1.82, 2.24) is 5.32 Å². The van der Waals surface area contributed by atoms with Crippen LogP contribution >= 0.6 is 0 Å². The van der Waals surface area contributed by atoms with E-state index in [2.05, 4.69) is 16.0 Å². The van der Waals surface area contributed by atoms with Gasteiger partial charge < -0.3 is 16.0 Å². The molecule has 0 aliphatic carbocycles. The van der Waals surface area contributed by atoms with Crippen LogP contribution in [0.4, 0.5) is 21.9 Å². The first-order chi connectivity index (χ1) is 14.0. The van der Waals surface area contributed by atoms with E-state index in [0.717, 1.165) is 41.8 Å². The van der Waals surface area contributed by atoms with Crippen LogP contribution < -0.4 is 20.9 Å². The van der Waals surface area contributed by atoms with Crippen LogP contribution in [0.25, 0.3) is 0 Å². The minimum atomic E-state index is -0.217. The minimum Gasteiger partial charge on any atom is -0.338 e. The van der Waals surface area contributed by atoms with Gasteiger partial charge >= 0.3 is 6.03 Å². The van der Waals surface area contributed by atoms with E-state index in [1.807, 2.05) is 31.2 Å². The van der Waals surface area contributed by atoms with Crippen molar-refractivity contribution >= 4 is 34.9 Å². The molecule has 150 valence electrons. The normalized spacial score (nSPS) is 15.1. The number of urea groups is 1. The van der Waals surface area contributed by atoms with Gasteiger partial charge in [-0.1, -0.05) is 6.07 Å². The Morgan fingerprint density at radius 1 is 1.07 bits per heavy atom. The highest BCUT2D eigenvalue weighted by atomic mass is 16.2. The summed E-state index contributed by atoms with van der Waals surface area (Å²) in [6, 6.07) is 10.9. The van der Waals surface area contributed by atoms with Crippen LogP contribution in [0.2, 0.25) is 0 Å². The summed E-state index contributed by atoms with van der Waals surface area (Å²) in [6.45, 7) is 3.09. The second-order valence-electron chi connectivity index (χ2n) is 7.31. The lowest BCUT2D eigenvalue weighted by Crippen LogP contribution is -2.38. The monoisotopic (exact) mass is 392 g/mol. The summed E-state index contributed by atoms with van der Waals surface area (Å²) in [5.74, 6) is -0.207. The van der Waals surface area contributed by atoms with Crippen LogP contribution in [0.3, 0.4) is 0 Å². The molecule has 0 unspecified atom stereocenters. The molecule has 0 saturated carbocycles. The second kappa shape index (κ2) is 7.95. The number of aryl methyl sites for hydroxylation is 1. The molecule has 0 atom stereocenters. The number of carbonyl (C=O) groups excluding carboxylic acids is 3. The molecule has 3 N–H and O–H groups in total. The summed E-state index contributed by atoms with van der Waals surface area (Å²) in [6.07, 6.45) is 2.82. The number of amides is 4. The van der Waals surface area contributed by atoms with E-state index < -0.39 is 0 Å². The van der Waals surface area contributed by atoms with Crippen molar-refractivity contribution in [3.63, 3.8) is 0 Å². The number of hydrogen-bond acceptors (Lipinski definition) is 3. The third kappa shape index (κ3) is 3.94. The Labute approximate surface area is 169 Å². The number of anilines is 3. The van der Waals surface area contributed by atoms with Gasteiger partial charge in [0, 0.05) is 36.4 Å². The van der Waals surface area contributed by atoms with Gasteiger partial charge in [0.15, 0.2) is 0 Å². The van der Waals surface area contributed by atoms with Crippen LogP contribution in [0.1, 0.15) is 41.3 Å². The van der Waals surface area contributed by atoms with Gasteiger partial charge in [-0.05, 0) is 67.6 Å². The summed E-state index contributed by atoms with van der Waals surface area (Å²) in [5.41, 5.74) is 4.86. The summed E-state index contributed by atoms with van der Waals surface area (Å²) in [7, 11) is 0. The Morgan fingerprint density at radius 2 is 1.93 bits per heavy atom. The summed E-state index contributed by atoms with van der Waals surface area (Å²) >= 11 is 0. The SMILES string of the molecule is CCNC(=O)N1CCc2ccc(NC(=O)c3ccc4c(c3)CCCC(=O)N4)cc21. The van der Waals surface area contributed by atoms with Crippen molar-refractivity contribution in [1.29, 1.82) is 0 Å². The highest BCUT2D eigenvalue weighted by Crippen LogP contribution is 2.31. The standard InChI is InChI=1S/C22H24N4O3/c1-2-23-22(29)26-11-10-14-6-8-17(13-19(14)26)24-21(28)16-7-9-18-15(12-16)4-3-5-20(27)25-18/h6-9,12-13H,2-5,10-11H2,1H3,(H,23,29)(H,24,28)(H,25,27). The third-order valence-corrected chi connectivity index (χ3v) is 5.30. The van der Waals surface area contributed by atoms with E-state index in [1.54, 1.807) is 17.0 Å². The molecule has 4 rings (SSSR count). The summed E-state index contributed by atoms with van der Waals surface area (Å²) < 4.78 is 0. The van der Waals surface area contributed by atoms with Gasteiger partial charge in [-0.15, -0.1) is 0 Å². The van der Waals surface area contributed by atoms with Crippen molar-refractivity contribution in [2.45, 2.75) is 32.6 Å². The number of nitrogens with zero attached hydrogens (tertiary/aromatic N) is 1. The smallest absolute Gasteiger partial charge is 0.321 e. The first kappa shape index (κ1) is 19.0. The first-order valence-corrected chi connectivity index (χ1v) is 9.97. The molecule has 0 saturated heterocycles. The third-order valence-electron chi connectivity index (χ3n) is 5.30. The molecule has 2 aromatic carbocycles. The average Bonchev–Trinajstić information content (AvgIpc) is 3.03. The van der Waals surface area contributed by atoms with Crippen LogP contribution in [0.5, 0.6) is 0 Å². The largest absolute Gasteiger partial charge is 0.338 e. The molecule has 0 fully saturated rings. The molecule has 7 heteroatoms. The van der Waals surface area contributed by atoms with Gasteiger partial charge in [0.25, 0.3) is 5.91 Å². The van der Waals surface area contributed by atoms with E-state index in [-0.39, 0.29) is 17.8 Å². The Morgan fingerprint density at radius 3 is 2.76 bits per heavy atom. The highest BCUT2D eigenvalue weighted by Gasteiger charge is 2.25. The van der Waals surface area contributed by atoms with Gasteiger partial charge in [-0.25, -0.2) is 4.79 Å². The van der Waals surface area contributed by atoms with E-state index in [4.69, 9.17) is 0 Å². The number of nitrogens with one attached hydrogen (secondary N) is 3. The minimum absolute atomic E-state index is 0.00996. The van der Waals surface area contributed by atoms with Crippen molar-refractivity contribution in [2.75, 3.05) is 28.6 Å². The maximum Gasteiger partial charge on any atom is 0.321 e. The Bertz CT molecular complexity index is 986. The van der Waals surface area contributed by atoms with Crippen molar-refractivity contribution < 1.29 is 14.4 Å². The average molecular weight is 392 g/mol. The number of carbonyl (C=O) groups is 3. The number of hydrogen-bond donors (Lipinski definition) is 3. The lowest BCUT2D eigenvalue weighted by Gasteiger charge is -2.18. The number of rotatable bonds is 3. The van der Waals surface area contributed by atoms with Gasteiger partial charge in [-0.3, -0.25) is 14.5 Å². The number of benzene rings is 2. The fourth-order valence-corrected chi connectivity index (χ4v) is 3.83. The lowest BCUT2D eigenvalue weighted by molar-refractivity contribution is -0.116. The predicted octanol–water partition coefficient (Wildman–Crippen LogP) is 3.31. The Hall–Kier alpha value is -3.35. The summed E-state index contributed by atoms with van der Waals surface area (Å²) in [4.78, 5) is 38.4. The van der Waals surface area contributed by atoms with E-state index >= 15 is 0 Å². The first-order valence-electron chi connectivity index (χ1n) is 9.97. The van der Waals surface area contributed by atoms with E-state index in [0.29, 0.717) is 30.8 Å². The van der Waals surface area contributed by atoms with Crippen molar-refractivity contribution in [2.24, 2.45) is 0 Å². The maximum absolute atomic E-state index is 12.8. The topological polar surface area (TPSA) is 90.5 Å². The van der Waals surface area contributed by atoms with Crippen LogP contribution in [-0.4, -0.2) is 30.9 Å². The van der Waals surface area contributed by atoms with E-state index in [9.17, 15) is 14.4 Å². The molecule has 2 aromatic rings. The molecule has 7 nitrogen and oxygen atoms in total. The second-order valence-corrected chi connectivity index (χ2v) is 7.31. The maximum atomic E-state index is 12.8. The van der Waals surface area contributed by atoms with Gasteiger partial charge in [0.1, 0.15) is 0 Å². The molecule has 2 heterocycles. The molecule has 29 heavy (non-hydrogen) atoms. The summed E-state index contributed by atoms with van der Waals surface area (Å²) in [5, 5.41) is 8.63. The van der Waals surface area contributed by atoms with Crippen molar-refractivity contribution in [3.05, 3.63) is 53.1 Å². The van der Waals surface area contributed by atoms with Crippen molar-refractivity contribution in [3.8, 4) is 0 Å². The highest BCUT2D eigenvalue weighted by molar-refractivity contribution is 6.06. The molecule has 2 aliphatic rings. The van der Waals surface area contributed by atoms with Gasteiger partial charge in [0.05, 0.1) is 5.69 Å². The van der Waals surface area contributed by atoms with Crippen LogP contribution in [-0.2, 0) is 17.6 Å². The van der Waals surface area contributed by atoms with Crippen LogP contribution in [0, 0.1) is 0 Å². The molecule has 0 radical (unpaired) electrons. The quantitative estimate of drug-likeness (QED) is 0.749. The molecule has 0 spiro atoms. The number of fused-ring (bicyclic) bond motifs is 2. The Balaban J connectivity index is 1.52. The van der Waals surface area contributed by atoms with Crippen LogP contribution in [0.15, 0.2) is 36.4 Å². The molecule has 0 bridgehead atoms. The predicted molar refractivity (Wildman–Crippen MR) is 113 cm³/mol. The zero-order valence-corrected chi connectivity index (χ0v) is 16.4. The molecule has 0 aromatic heterocycles. The fraction of sp³-hybridized carbons (Fsp3) is 0.318. The van der Waals surface area contributed by atoms with Gasteiger partial charge in [-0.2, -0.15) is 0 Å². The Kier molecular flexibility index (Phi) is 5.20. The molecular formula is C22H24N4O3. The lowest BCUT2D eigenvalue weighted by atomic mass is 10.0. The fourth-order valence-electron chi connectivity index (χ4n) is 3.83. The van der Waals surface area contributed by atoms with Gasteiger partial charge in [0.2, 0.25) is 5.91 Å². The zero-order chi connectivity index (χ0) is 20.4. The molecule has 2 aliphatic heterocycles. The molecular weight excluding hydrogens is 368 g/mol. The zero-order valence-electron chi connectivity index (χ0n) is 16.4.